The summed E-state index contributed by atoms with van der Waals surface area (Å²) in [5.41, 5.74) is 6.28. The molecule has 0 fully saturated rings. The maximum atomic E-state index is 12.5. The Labute approximate surface area is 224 Å². The smallest absolute Gasteiger partial charge is 0.412 e. The van der Waals surface area contributed by atoms with Gasteiger partial charge in [0.15, 0.2) is 5.82 Å². The summed E-state index contributed by atoms with van der Waals surface area (Å²) in [6, 6.07) is 20.0. The number of nitrogens with zero attached hydrogens (tertiary/aromatic N) is 6. The molecule has 1 amide bonds. The standard InChI is InChI=1S/C29H26N8O2/c1-2-24-25(35-29(38)39-18-21-10-12-30-13-11-21)17-37-27(24)28(31-19-33-37)34-23-8-9-26-22(14-23)15-32-36(26)16-20-6-4-3-5-7-20/h3-15,17,19H,2,16,18H2,1H3,(H,35,38)(H,31,33,34). The minimum Gasteiger partial charge on any atom is -0.444 e. The van der Waals surface area contributed by atoms with Crippen LogP contribution in [0.25, 0.3) is 16.4 Å². The largest absolute Gasteiger partial charge is 0.444 e. The zero-order valence-electron chi connectivity index (χ0n) is 21.3. The van der Waals surface area contributed by atoms with E-state index in [1.165, 1.54) is 11.9 Å². The van der Waals surface area contributed by atoms with Crippen LogP contribution in [0.15, 0.2) is 91.8 Å². The van der Waals surface area contributed by atoms with Crippen molar-refractivity contribution in [1.29, 1.82) is 0 Å². The van der Waals surface area contributed by atoms with Crippen LogP contribution in [0.1, 0.15) is 23.6 Å². The molecule has 10 heteroatoms. The Bertz CT molecular complexity index is 1750. The number of fused-ring (bicyclic) bond motifs is 2. The second-order valence-corrected chi connectivity index (χ2v) is 9.02. The summed E-state index contributed by atoms with van der Waals surface area (Å²) in [5.74, 6) is 0.635. The molecule has 10 nitrogen and oxygen atoms in total. The van der Waals surface area contributed by atoms with Crippen molar-refractivity contribution in [2.75, 3.05) is 10.6 Å². The number of aromatic nitrogens is 6. The van der Waals surface area contributed by atoms with Crippen molar-refractivity contribution in [3.05, 3.63) is 108 Å². The average Bonchev–Trinajstić information content (AvgIpc) is 3.53. The summed E-state index contributed by atoms with van der Waals surface area (Å²) >= 11 is 0. The van der Waals surface area contributed by atoms with Crippen molar-refractivity contribution >= 4 is 39.7 Å². The third-order valence-electron chi connectivity index (χ3n) is 6.47. The molecule has 0 unspecified atom stereocenters. The topological polar surface area (TPSA) is 111 Å². The van der Waals surface area contributed by atoms with Gasteiger partial charge in [-0.3, -0.25) is 15.0 Å². The predicted octanol–water partition coefficient (Wildman–Crippen LogP) is 5.58. The molecule has 0 radical (unpaired) electrons. The van der Waals surface area contributed by atoms with Gasteiger partial charge in [-0.05, 0) is 47.9 Å². The fourth-order valence-corrected chi connectivity index (χ4v) is 4.59. The minimum absolute atomic E-state index is 0.153. The molecule has 4 aromatic heterocycles. The van der Waals surface area contributed by atoms with Crippen molar-refractivity contribution in [2.45, 2.75) is 26.5 Å². The van der Waals surface area contributed by atoms with E-state index < -0.39 is 6.09 Å². The minimum atomic E-state index is -0.544. The first-order valence-electron chi connectivity index (χ1n) is 12.6. The van der Waals surface area contributed by atoms with E-state index in [1.807, 2.05) is 48.1 Å². The van der Waals surface area contributed by atoms with Crippen molar-refractivity contribution in [1.82, 2.24) is 29.4 Å². The molecule has 4 heterocycles. The van der Waals surface area contributed by atoms with Gasteiger partial charge < -0.3 is 10.1 Å². The molecule has 0 aliphatic rings. The zero-order valence-corrected chi connectivity index (χ0v) is 21.3. The molecular weight excluding hydrogens is 492 g/mol. The van der Waals surface area contributed by atoms with Crippen LogP contribution < -0.4 is 10.6 Å². The second-order valence-electron chi connectivity index (χ2n) is 9.02. The molecule has 0 aliphatic carbocycles. The van der Waals surface area contributed by atoms with Crippen LogP contribution >= 0.6 is 0 Å². The van der Waals surface area contributed by atoms with E-state index in [0.29, 0.717) is 24.5 Å². The summed E-state index contributed by atoms with van der Waals surface area (Å²) < 4.78 is 9.09. The van der Waals surface area contributed by atoms with Gasteiger partial charge in [0.1, 0.15) is 18.5 Å². The average molecular weight is 519 g/mol. The number of amides is 1. The van der Waals surface area contributed by atoms with Crippen molar-refractivity contribution in [3.63, 3.8) is 0 Å². The van der Waals surface area contributed by atoms with E-state index in [4.69, 9.17) is 4.74 Å². The molecule has 0 saturated carbocycles. The highest BCUT2D eigenvalue weighted by Crippen LogP contribution is 2.30. The van der Waals surface area contributed by atoms with Gasteiger partial charge in [0, 0.05) is 29.0 Å². The number of aryl methyl sites for hydroxylation is 1. The van der Waals surface area contributed by atoms with Gasteiger partial charge >= 0.3 is 6.09 Å². The number of benzene rings is 2. The molecule has 0 saturated heterocycles. The molecule has 194 valence electrons. The highest BCUT2D eigenvalue weighted by atomic mass is 16.5. The first-order valence-corrected chi connectivity index (χ1v) is 12.6. The van der Waals surface area contributed by atoms with Gasteiger partial charge in [-0.25, -0.2) is 14.3 Å². The maximum Gasteiger partial charge on any atom is 0.412 e. The molecule has 2 aromatic carbocycles. The Kier molecular flexibility index (Phi) is 6.57. The Balaban J connectivity index is 1.23. The van der Waals surface area contributed by atoms with E-state index in [2.05, 4.69) is 49.0 Å². The quantitative estimate of drug-likeness (QED) is 0.271. The Hall–Kier alpha value is -5.25. The number of nitrogens with one attached hydrogen (secondary N) is 2. The second kappa shape index (κ2) is 10.6. The molecule has 0 spiro atoms. The predicted molar refractivity (Wildman–Crippen MR) is 149 cm³/mol. The normalized spacial score (nSPS) is 11.1. The number of carbonyl (C=O) groups is 1. The third kappa shape index (κ3) is 5.12. The van der Waals surface area contributed by atoms with Crippen molar-refractivity contribution in [3.8, 4) is 0 Å². The molecular formula is C29H26N8O2. The van der Waals surface area contributed by atoms with Crippen LogP contribution in [-0.2, 0) is 24.3 Å². The van der Waals surface area contributed by atoms with Crippen LogP contribution in [0.2, 0.25) is 0 Å². The van der Waals surface area contributed by atoms with Gasteiger partial charge in [0.05, 0.1) is 30.1 Å². The maximum absolute atomic E-state index is 12.5. The van der Waals surface area contributed by atoms with Crippen LogP contribution in [0.5, 0.6) is 0 Å². The number of hydrogen-bond acceptors (Lipinski definition) is 7. The lowest BCUT2D eigenvalue weighted by atomic mass is 10.2. The lowest BCUT2D eigenvalue weighted by Gasteiger charge is -2.10. The summed E-state index contributed by atoms with van der Waals surface area (Å²) in [5, 5.41) is 16.2. The number of anilines is 3. The van der Waals surface area contributed by atoms with Crippen LogP contribution in [0.3, 0.4) is 0 Å². The van der Waals surface area contributed by atoms with Gasteiger partial charge in [0.25, 0.3) is 0 Å². The summed E-state index contributed by atoms with van der Waals surface area (Å²) in [7, 11) is 0. The first-order chi connectivity index (χ1) is 19.2. The fraction of sp³-hybridized carbons (Fsp3) is 0.138. The van der Waals surface area contributed by atoms with Crippen LogP contribution in [0, 0.1) is 0 Å². The van der Waals surface area contributed by atoms with E-state index in [-0.39, 0.29) is 6.61 Å². The van der Waals surface area contributed by atoms with Crippen molar-refractivity contribution in [2.24, 2.45) is 0 Å². The number of pyridine rings is 1. The summed E-state index contributed by atoms with van der Waals surface area (Å²) in [4.78, 5) is 21.0. The van der Waals surface area contributed by atoms with Crippen molar-refractivity contribution < 1.29 is 9.53 Å². The van der Waals surface area contributed by atoms with E-state index >= 15 is 0 Å². The number of carbonyl (C=O) groups excluding carboxylic acids is 1. The zero-order chi connectivity index (χ0) is 26.6. The lowest BCUT2D eigenvalue weighted by molar-refractivity contribution is 0.155. The van der Waals surface area contributed by atoms with Gasteiger partial charge in [-0.1, -0.05) is 37.3 Å². The fourth-order valence-electron chi connectivity index (χ4n) is 4.59. The van der Waals surface area contributed by atoms with Crippen LogP contribution in [0.4, 0.5) is 22.0 Å². The Morgan fingerprint density at radius 2 is 1.85 bits per heavy atom. The number of hydrogen-bond donors (Lipinski definition) is 2. The lowest BCUT2D eigenvalue weighted by Crippen LogP contribution is -2.14. The molecule has 2 N–H and O–H groups in total. The third-order valence-corrected chi connectivity index (χ3v) is 6.47. The molecule has 0 atom stereocenters. The monoisotopic (exact) mass is 518 g/mol. The number of ether oxygens (including phenoxy) is 1. The highest BCUT2D eigenvalue weighted by Gasteiger charge is 2.17. The molecule has 6 aromatic rings. The van der Waals surface area contributed by atoms with E-state index in [1.54, 1.807) is 35.2 Å². The first kappa shape index (κ1) is 24.1. The molecule has 39 heavy (non-hydrogen) atoms. The van der Waals surface area contributed by atoms with Gasteiger partial charge in [0.2, 0.25) is 0 Å². The molecule has 6 rings (SSSR count). The number of rotatable bonds is 8. The molecule has 0 bridgehead atoms. The summed E-state index contributed by atoms with van der Waals surface area (Å²) in [6.45, 7) is 2.88. The SMILES string of the molecule is CCc1c(NC(=O)OCc2ccncc2)cn2ncnc(Nc3ccc4c(cnn4Cc4ccccc4)c3)c12. The van der Waals surface area contributed by atoms with Gasteiger partial charge in [-0.2, -0.15) is 10.2 Å². The Morgan fingerprint density at radius 3 is 2.67 bits per heavy atom. The van der Waals surface area contributed by atoms with Gasteiger partial charge in [-0.15, -0.1) is 0 Å². The van der Waals surface area contributed by atoms with Crippen LogP contribution in [-0.4, -0.2) is 35.5 Å². The Morgan fingerprint density at radius 1 is 1.00 bits per heavy atom. The van der Waals surface area contributed by atoms with E-state index in [9.17, 15) is 4.79 Å². The van der Waals surface area contributed by atoms with E-state index in [0.717, 1.165) is 33.2 Å². The molecule has 0 aliphatic heterocycles. The highest BCUT2D eigenvalue weighted by molar-refractivity contribution is 5.91. The summed E-state index contributed by atoms with van der Waals surface area (Å²) in [6.07, 6.45) is 8.56.